The highest BCUT2D eigenvalue weighted by Gasteiger charge is 2.34. The molecule has 1 heterocycles. The Balaban J connectivity index is 2.17. The molecule has 1 aromatic rings. The Labute approximate surface area is 117 Å². The van der Waals surface area contributed by atoms with Gasteiger partial charge < -0.3 is 9.80 Å². The molecule has 2 rings (SSSR count). The molecule has 0 spiro atoms. The molecule has 0 aromatic heterocycles. The first-order valence-electron chi connectivity index (χ1n) is 6.41. The molecule has 0 unspecified atom stereocenters. The Kier molecular flexibility index (Phi) is 4.10. The van der Waals surface area contributed by atoms with Gasteiger partial charge in [0.05, 0.1) is 0 Å². The number of rotatable bonds is 2. The Bertz CT molecular complexity index is 487. The van der Waals surface area contributed by atoms with Crippen LogP contribution >= 0.6 is 11.6 Å². The van der Waals surface area contributed by atoms with Crippen LogP contribution in [0.2, 0.25) is 5.02 Å². The summed E-state index contributed by atoms with van der Waals surface area (Å²) >= 11 is 5.84. The van der Waals surface area contributed by atoms with Crippen molar-refractivity contribution in [3.63, 3.8) is 0 Å². The van der Waals surface area contributed by atoms with E-state index in [-0.39, 0.29) is 11.8 Å². The molecule has 2 amide bonds. The zero-order valence-corrected chi connectivity index (χ0v) is 11.9. The molecule has 0 aliphatic carbocycles. The van der Waals surface area contributed by atoms with E-state index in [0.29, 0.717) is 24.5 Å². The molecule has 0 N–H and O–H groups in total. The van der Waals surface area contributed by atoms with Gasteiger partial charge in [-0.2, -0.15) is 0 Å². The van der Waals surface area contributed by atoms with Crippen molar-refractivity contribution in [3.8, 4) is 0 Å². The number of carbonyl (C=O) groups is 2. The molecule has 1 aliphatic heterocycles. The van der Waals surface area contributed by atoms with Crippen LogP contribution in [-0.4, -0.2) is 35.8 Å². The summed E-state index contributed by atoms with van der Waals surface area (Å²) in [5.74, 6) is -0.0213. The van der Waals surface area contributed by atoms with Crippen molar-refractivity contribution in [2.75, 3.05) is 18.0 Å². The fourth-order valence-corrected chi connectivity index (χ4v) is 2.42. The normalized spacial score (nSPS) is 19.7. The summed E-state index contributed by atoms with van der Waals surface area (Å²) in [6.07, 6.45) is 0.429. The molecule has 1 fully saturated rings. The van der Waals surface area contributed by atoms with Crippen LogP contribution in [0.3, 0.4) is 0 Å². The number of amides is 2. The van der Waals surface area contributed by atoms with Crippen molar-refractivity contribution in [2.45, 2.75) is 26.3 Å². The number of carbonyl (C=O) groups excluding carboxylic acids is 2. The van der Waals surface area contributed by atoms with Crippen molar-refractivity contribution < 1.29 is 9.59 Å². The second kappa shape index (κ2) is 5.61. The maximum atomic E-state index is 12.3. The number of benzene rings is 1. The first-order chi connectivity index (χ1) is 9.04. The Morgan fingerprint density at radius 3 is 2.53 bits per heavy atom. The Morgan fingerprint density at radius 1 is 1.32 bits per heavy atom. The number of nitrogens with zero attached hydrogens (tertiary/aromatic N) is 2. The largest absolute Gasteiger partial charge is 0.329 e. The fourth-order valence-electron chi connectivity index (χ4n) is 2.29. The van der Waals surface area contributed by atoms with Gasteiger partial charge in [-0.05, 0) is 31.2 Å². The van der Waals surface area contributed by atoms with Crippen molar-refractivity contribution in [1.29, 1.82) is 0 Å². The molecular formula is C14H17ClN2O2. The Hall–Kier alpha value is -1.55. The number of halogens is 1. The van der Waals surface area contributed by atoms with Crippen molar-refractivity contribution in [2.24, 2.45) is 0 Å². The molecule has 1 aromatic carbocycles. The first kappa shape index (κ1) is 13.9. The van der Waals surface area contributed by atoms with E-state index in [1.165, 1.54) is 0 Å². The third-order valence-corrected chi connectivity index (χ3v) is 3.67. The molecule has 4 nitrogen and oxygen atoms in total. The van der Waals surface area contributed by atoms with E-state index in [1.807, 2.05) is 19.1 Å². The van der Waals surface area contributed by atoms with Crippen molar-refractivity contribution >= 4 is 29.1 Å². The van der Waals surface area contributed by atoms with Gasteiger partial charge in [0, 0.05) is 30.2 Å². The summed E-state index contributed by atoms with van der Waals surface area (Å²) < 4.78 is 0. The van der Waals surface area contributed by atoms with Gasteiger partial charge in [-0.25, -0.2) is 0 Å². The average molecular weight is 281 g/mol. The van der Waals surface area contributed by atoms with E-state index in [9.17, 15) is 9.59 Å². The van der Waals surface area contributed by atoms with E-state index in [1.54, 1.807) is 28.9 Å². The molecule has 5 heteroatoms. The highest BCUT2D eigenvalue weighted by molar-refractivity contribution is 6.30. The van der Waals surface area contributed by atoms with Crippen molar-refractivity contribution in [1.82, 2.24) is 4.90 Å². The summed E-state index contributed by atoms with van der Waals surface area (Å²) in [6.45, 7) is 4.68. The van der Waals surface area contributed by atoms with Gasteiger partial charge in [-0.1, -0.05) is 18.5 Å². The second-order valence-electron chi connectivity index (χ2n) is 4.58. The molecular weight excluding hydrogens is 264 g/mol. The maximum Gasteiger partial charge on any atom is 0.249 e. The number of piperazine rings is 1. The maximum absolute atomic E-state index is 12.3. The molecule has 102 valence electrons. The highest BCUT2D eigenvalue weighted by atomic mass is 35.5. The highest BCUT2D eigenvalue weighted by Crippen LogP contribution is 2.22. The third-order valence-electron chi connectivity index (χ3n) is 3.42. The van der Waals surface area contributed by atoms with Crippen LogP contribution < -0.4 is 4.90 Å². The van der Waals surface area contributed by atoms with Gasteiger partial charge in [-0.3, -0.25) is 9.59 Å². The standard InChI is InChI=1S/C14H17ClN2O2/c1-3-13(18)16-8-9-17(14(19)10(16)2)12-6-4-11(15)5-7-12/h4-7,10H,3,8-9H2,1-2H3/t10-/m1/s1. The lowest BCUT2D eigenvalue weighted by Gasteiger charge is -2.39. The van der Waals surface area contributed by atoms with E-state index in [4.69, 9.17) is 11.6 Å². The summed E-state index contributed by atoms with van der Waals surface area (Å²) in [6, 6.07) is 6.77. The topological polar surface area (TPSA) is 40.6 Å². The summed E-state index contributed by atoms with van der Waals surface area (Å²) in [7, 11) is 0. The molecule has 1 atom stereocenters. The second-order valence-corrected chi connectivity index (χ2v) is 5.02. The minimum Gasteiger partial charge on any atom is -0.329 e. The summed E-state index contributed by atoms with van der Waals surface area (Å²) in [5, 5.41) is 0.643. The molecule has 1 saturated heterocycles. The molecule has 0 bridgehead atoms. The van der Waals surface area contributed by atoms with Crippen LogP contribution in [0, 0.1) is 0 Å². The zero-order valence-electron chi connectivity index (χ0n) is 11.1. The Morgan fingerprint density at radius 2 is 1.95 bits per heavy atom. The van der Waals surface area contributed by atoms with E-state index in [2.05, 4.69) is 0 Å². The average Bonchev–Trinajstić information content (AvgIpc) is 2.42. The van der Waals surface area contributed by atoms with Crippen LogP contribution in [0.5, 0.6) is 0 Å². The lowest BCUT2D eigenvalue weighted by Crippen LogP contribution is -2.57. The monoisotopic (exact) mass is 280 g/mol. The zero-order chi connectivity index (χ0) is 14.0. The number of hydrogen-bond donors (Lipinski definition) is 0. The van der Waals surface area contributed by atoms with Crippen LogP contribution in [0.1, 0.15) is 20.3 Å². The van der Waals surface area contributed by atoms with Gasteiger partial charge >= 0.3 is 0 Å². The van der Waals surface area contributed by atoms with Crippen molar-refractivity contribution in [3.05, 3.63) is 29.3 Å². The SMILES string of the molecule is CCC(=O)N1CCN(c2ccc(Cl)cc2)C(=O)[C@H]1C. The van der Waals surface area contributed by atoms with Crippen LogP contribution in [-0.2, 0) is 9.59 Å². The minimum absolute atomic E-state index is 0.0246. The lowest BCUT2D eigenvalue weighted by molar-refractivity contribution is -0.140. The molecule has 0 radical (unpaired) electrons. The van der Waals surface area contributed by atoms with E-state index in [0.717, 1.165) is 5.69 Å². The minimum atomic E-state index is -0.406. The van der Waals surface area contributed by atoms with Gasteiger partial charge in [0.2, 0.25) is 11.8 Å². The first-order valence-corrected chi connectivity index (χ1v) is 6.78. The predicted molar refractivity (Wildman–Crippen MR) is 75.3 cm³/mol. The fraction of sp³-hybridized carbons (Fsp3) is 0.429. The third kappa shape index (κ3) is 2.73. The van der Waals surface area contributed by atoms with Crippen LogP contribution in [0.15, 0.2) is 24.3 Å². The summed E-state index contributed by atoms with van der Waals surface area (Å²) in [4.78, 5) is 27.4. The van der Waals surface area contributed by atoms with Gasteiger partial charge in [0.15, 0.2) is 0 Å². The van der Waals surface area contributed by atoms with E-state index >= 15 is 0 Å². The lowest BCUT2D eigenvalue weighted by atomic mass is 10.1. The summed E-state index contributed by atoms with van der Waals surface area (Å²) in [5.41, 5.74) is 0.824. The van der Waals surface area contributed by atoms with Gasteiger partial charge in [0.1, 0.15) is 6.04 Å². The van der Waals surface area contributed by atoms with Crippen LogP contribution in [0.4, 0.5) is 5.69 Å². The number of anilines is 1. The van der Waals surface area contributed by atoms with Gasteiger partial charge in [0.25, 0.3) is 0 Å². The van der Waals surface area contributed by atoms with Crippen LogP contribution in [0.25, 0.3) is 0 Å². The smallest absolute Gasteiger partial charge is 0.249 e. The number of hydrogen-bond acceptors (Lipinski definition) is 2. The predicted octanol–water partition coefficient (Wildman–Crippen LogP) is 2.31. The molecule has 0 saturated carbocycles. The quantitative estimate of drug-likeness (QED) is 0.834. The van der Waals surface area contributed by atoms with Gasteiger partial charge in [-0.15, -0.1) is 0 Å². The van der Waals surface area contributed by atoms with E-state index < -0.39 is 6.04 Å². The molecule has 1 aliphatic rings. The molecule has 19 heavy (non-hydrogen) atoms.